The van der Waals surface area contributed by atoms with Crippen LogP contribution in [0.1, 0.15) is 0 Å². The average molecular weight is 74.0 g/mol. The maximum atomic E-state index is 6.00. The van der Waals surface area contributed by atoms with E-state index >= 15 is 0 Å². The highest BCUT2D eigenvalue weighted by atomic mass is 31.0. The van der Waals surface area contributed by atoms with Crippen LogP contribution in [-0.2, 0) is 0 Å². The lowest BCUT2D eigenvalue weighted by Gasteiger charge is -0.812. The molecule has 0 radical (unpaired) electrons. The summed E-state index contributed by atoms with van der Waals surface area (Å²) in [5, 5.41) is 12.0. The van der Waals surface area contributed by atoms with Gasteiger partial charge in [0.15, 0.2) is 0 Å². The second-order valence-corrected chi connectivity index (χ2v) is 0. The molecule has 0 unspecified atom stereocenters. The molecule has 0 rings (SSSR count). The van der Waals surface area contributed by atoms with Crippen LogP contribution < -0.4 is 0 Å². The first-order chi connectivity index (χ1) is 2.00. The van der Waals surface area contributed by atoms with Crippen molar-refractivity contribution >= 4 is 15.2 Å². The highest BCUT2D eigenvalue weighted by molar-refractivity contribution is 7.15. The predicted molar refractivity (Wildman–Crippen MR) is 18.9 cm³/mol. The molecule has 4 heavy (non-hydrogen) atoms. The van der Waals surface area contributed by atoms with Crippen LogP contribution in [0.15, 0.2) is 0 Å². The average Bonchev–Trinajstić information content (AvgIpc) is 1.50. The first-order valence-corrected chi connectivity index (χ1v) is 1.26. The summed E-state index contributed by atoms with van der Waals surface area (Å²) in [4.78, 5) is 0. The first-order valence-electron chi connectivity index (χ1n) is 0.554. The fourth-order valence-corrected chi connectivity index (χ4v) is 0. The van der Waals surface area contributed by atoms with E-state index in [0.717, 1.165) is 0 Å². The fraction of sp³-hybridized carbons (Fsp3) is 0. The van der Waals surface area contributed by atoms with Crippen LogP contribution in [0.4, 0.5) is 0 Å². The maximum absolute atomic E-state index is 6.00. The molecule has 3 heteroatoms. The third-order valence-electron chi connectivity index (χ3n) is 0. The van der Waals surface area contributed by atoms with E-state index in [1.807, 2.05) is 0 Å². The molecule has 0 saturated carbocycles. The molecule has 0 fully saturated rings. The Kier molecular flexibility index (Phi) is 92.8. The Labute approximate surface area is 27.1 Å². The molecular weight excluding hydrogens is 71.0 g/mol. The maximum Gasteiger partial charge on any atom is 0 e. The first kappa shape index (κ1) is 9.53. The van der Waals surface area contributed by atoms with Gasteiger partial charge in [0.1, 0.15) is 0 Å². The fourth-order valence-electron chi connectivity index (χ4n) is 0. The van der Waals surface area contributed by atoms with Crippen LogP contribution in [0.2, 0.25) is 0 Å². The summed E-state index contributed by atoms with van der Waals surface area (Å²) in [6, 6.07) is 0. The smallest absolute Gasteiger partial charge is 0 e. The van der Waals surface area contributed by atoms with E-state index in [-0.39, 0.29) is 0 Å². The van der Waals surface area contributed by atoms with E-state index in [2.05, 4.69) is 15.2 Å². The third kappa shape index (κ3) is 3.29. The Morgan fingerprint density at radius 2 is 1.25 bits per heavy atom. The summed E-state index contributed by atoms with van der Waals surface area (Å²) < 4.78 is 0. The van der Waals surface area contributed by atoms with E-state index < -0.39 is 0 Å². The number of hydrogen-bond donors (Lipinski definition) is 0. The third-order valence-corrected chi connectivity index (χ3v) is 0. The highest BCUT2D eigenvalue weighted by Gasteiger charge is 0.603. The predicted octanol–water partition coefficient (Wildman–Crippen LogP) is 0.591. The standard InChI is InChI=1S/CH3P.N2/c2*1-2/h2H,1H2;. The molecule has 2 nitrogen and oxygen atoms in total. The van der Waals surface area contributed by atoms with Gasteiger partial charge in [-0.1, -0.05) is 6.30 Å². The molecule has 22 valence electrons. The molecule has 0 aromatic carbocycles. The molecule has 0 N–H and O–H groups in total. The minimum atomic E-state index is 2.72. The zero-order chi connectivity index (χ0) is 4.00. The zero-order valence-electron chi connectivity index (χ0n) is 2.10. The topological polar surface area (TPSA) is 47.6 Å². The van der Waals surface area contributed by atoms with Crippen molar-refractivity contribution in [2.45, 2.75) is 0 Å². The highest BCUT2D eigenvalue weighted by Crippen LogP contribution is 1.20. The van der Waals surface area contributed by atoms with Crippen LogP contribution >= 0.6 is 8.86 Å². The molecule has 0 spiro atoms. The monoisotopic (exact) mass is 74.0 g/mol. The summed E-state index contributed by atoms with van der Waals surface area (Å²) in [6.07, 6.45) is 3.06. The van der Waals surface area contributed by atoms with Gasteiger partial charge in [-0.05, 0) is 0 Å². The van der Waals surface area contributed by atoms with Gasteiger partial charge < -0.3 is 0 Å². The Bertz CT molecular complexity index is 17.2. The van der Waals surface area contributed by atoms with Crippen molar-refractivity contribution in [3.05, 3.63) is 0 Å². The molecule has 0 bridgehead atoms. The molecule has 0 aromatic heterocycles. The van der Waals surface area contributed by atoms with Gasteiger partial charge in [-0.2, -0.15) is 0 Å². The second-order valence-electron chi connectivity index (χ2n) is 0. The van der Waals surface area contributed by atoms with Gasteiger partial charge in [0.05, 0.1) is 0 Å². The SMILES string of the molecule is C=P.N#N. The van der Waals surface area contributed by atoms with E-state index in [0.29, 0.717) is 0 Å². The van der Waals surface area contributed by atoms with Crippen LogP contribution in [-0.4, -0.2) is 6.30 Å². The summed E-state index contributed by atoms with van der Waals surface area (Å²) >= 11 is 0. The molecule has 0 atom stereocenters. The number of hydrogen-bond acceptors (Lipinski definition) is 2. The van der Waals surface area contributed by atoms with Crippen LogP contribution in [0.25, 0.3) is 0 Å². The summed E-state index contributed by atoms with van der Waals surface area (Å²) in [5.41, 5.74) is 0. The molecule has 0 aliphatic heterocycles. The Morgan fingerprint density at radius 3 is 1.25 bits per heavy atom. The molecule has 0 amide bonds. The van der Waals surface area contributed by atoms with Gasteiger partial charge in [-0.15, -0.1) is 8.86 Å². The van der Waals surface area contributed by atoms with Gasteiger partial charge >= 0.3 is 0 Å². The Balaban J connectivity index is 0. The lowest BCUT2D eigenvalue weighted by Crippen LogP contribution is -0.617. The van der Waals surface area contributed by atoms with Crippen molar-refractivity contribution in [3.8, 4) is 0 Å². The van der Waals surface area contributed by atoms with Gasteiger partial charge in [0, 0.05) is 10.8 Å². The molecule has 0 aromatic rings. The second kappa shape index (κ2) is 39.0. The lowest BCUT2D eigenvalue weighted by molar-refractivity contribution is 1.15. The minimum Gasteiger partial charge on any atom is -0.130 e. The summed E-state index contributed by atoms with van der Waals surface area (Å²) in [7, 11) is 2.72. The van der Waals surface area contributed by atoms with E-state index in [9.17, 15) is 0 Å². The molecule has 0 saturated heterocycles. The van der Waals surface area contributed by atoms with E-state index in [1.165, 1.54) is 0 Å². The van der Waals surface area contributed by atoms with Crippen molar-refractivity contribution in [2.24, 2.45) is 0 Å². The van der Waals surface area contributed by atoms with Gasteiger partial charge in [0.25, 0.3) is 0 Å². The van der Waals surface area contributed by atoms with Crippen LogP contribution in [0, 0.1) is 10.8 Å². The minimum absolute atomic E-state index is 2.72. The van der Waals surface area contributed by atoms with Crippen LogP contribution in [0.3, 0.4) is 0 Å². The quantitative estimate of drug-likeness (QED) is 0.312. The van der Waals surface area contributed by atoms with E-state index in [4.69, 9.17) is 10.8 Å². The van der Waals surface area contributed by atoms with Crippen molar-refractivity contribution < 1.29 is 0 Å². The van der Waals surface area contributed by atoms with E-state index in [1.54, 1.807) is 0 Å². The van der Waals surface area contributed by atoms with Crippen molar-refractivity contribution in [1.29, 1.82) is 10.8 Å². The number of rotatable bonds is 0. The zero-order valence-corrected chi connectivity index (χ0v) is 3.10. The Hall–Kier alpha value is -0.410. The molecule has 0 aliphatic carbocycles. The van der Waals surface area contributed by atoms with Crippen LogP contribution in [0.5, 0.6) is 0 Å². The van der Waals surface area contributed by atoms with Gasteiger partial charge in [-0.3, -0.25) is 0 Å². The molecule has 0 aliphatic rings. The Morgan fingerprint density at radius 1 is 1.25 bits per heavy atom. The van der Waals surface area contributed by atoms with Crippen molar-refractivity contribution in [3.63, 3.8) is 0 Å². The summed E-state index contributed by atoms with van der Waals surface area (Å²) in [6.45, 7) is 0. The van der Waals surface area contributed by atoms with Crippen molar-refractivity contribution in [1.82, 2.24) is 0 Å². The van der Waals surface area contributed by atoms with Gasteiger partial charge in [-0.25, -0.2) is 0 Å². The number of nitrogens with zero attached hydrogens (tertiary/aromatic N) is 2. The largest absolute Gasteiger partial charge is 0.130 e. The normalized spacial score (nSPS) is 1.50. The lowest BCUT2D eigenvalue weighted by atomic mass is 12.0. The van der Waals surface area contributed by atoms with Crippen molar-refractivity contribution in [2.75, 3.05) is 0 Å². The van der Waals surface area contributed by atoms with Gasteiger partial charge in [0.2, 0.25) is 0 Å². The molecular formula is CH3N2P. The molecule has 0 heterocycles. The summed E-state index contributed by atoms with van der Waals surface area (Å²) in [5.74, 6) is 0.